The monoisotopic (exact) mass is 233 g/mol. The summed E-state index contributed by atoms with van der Waals surface area (Å²) in [6.07, 6.45) is 3.11. The molecule has 0 aliphatic carbocycles. The summed E-state index contributed by atoms with van der Waals surface area (Å²) in [5.41, 5.74) is 1.21. The number of hydrogen-bond donors (Lipinski definition) is 1. The van der Waals surface area contributed by atoms with E-state index in [9.17, 15) is 9.18 Å². The summed E-state index contributed by atoms with van der Waals surface area (Å²) in [7, 11) is 1.74. The molecule has 0 unspecified atom stereocenters. The van der Waals surface area contributed by atoms with Gasteiger partial charge in [0.15, 0.2) is 0 Å². The van der Waals surface area contributed by atoms with E-state index in [1.54, 1.807) is 30.1 Å². The number of hydrogen-bond acceptors (Lipinski definition) is 2. The van der Waals surface area contributed by atoms with Crippen LogP contribution in [0.3, 0.4) is 0 Å². The number of carbonyl (C=O) groups excluding carboxylic acids is 1. The Hall–Kier alpha value is -2.17. The second-order valence-electron chi connectivity index (χ2n) is 3.72. The van der Waals surface area contributed by atoms with Gasteiger partial charge in [-0.25, -0.2) is 4.39 Å². The standard InChI is InChI=1S/C12H12FN3O/c1-16-8-10(7-15-16)12(17)14-6-9-3-2-4-11(13)5-9/h2-5,7-8H,6H2,1H3,(H,14,17). The van der Waals surface area contributed by atoms with E-state index in [4.69, 9.17) is 0 Å². The lowest BCUT2D eigenvalue weighted by molar-refractivity contribution is 0.0951. The van der Waals surface area contributed by atoms with Crippen LogP contribution >= 0.6 is 0 Å². The van der Waals surface area contributed by atoms with Crippen LogP contribution in [0.1, 0.15) is 15.9 Å². The Balaban J connectivity index is 1.97. The van der Waals surface area contributed by atoms with E-state index in [1.165, 1.54) is 18.3 Å². The van der Waals surface area contributed by atoms with Gasteiger partial charge in [0.25, 0.3) is 5.91 Å². The lowest BCUT2D eigenvalue weighted by Crippen LogP contribution is -2.22. The summed E-state index contributed by atoms with van der Waals surface area (Å²) in [6.45, 7) is 0.297. The minimum Gasteiger partial charge on any atom is -0.348 e. The van der Waals surface area contributed by atoms with Crippen molar-refractivity contribution in [3.63, 3.8) is 0 Å². The molecule has 1 amide bonds. The molecule has 17 heavy (non-hydrogen) atoms. The summed E-state index contributed by atoms with van der Waals surface area (Å²) in [4.78, 5) is 11.7. The molecular weight excluding hydrogens is 221 g/mol. The summed E-state index contributed by atoms with van der Waals surface area (Å²) >= 11 is 0. The van der Waals surface area contributed by atoms with Crippen molar-refractivity contribution in [1.82, 2.24) is 15.1 Å². The van der Waals surface area contributed by atoms with Gasteiger partial charge in [-0.2, -0.15) is 5.10 Å². The van der Waals surface area contributed by atoms with Crippen molar-refractivity contribution in [2.75, 3.05) is 0 Å². The SMILES string of the molecule is Cn1cc(C(=O)NCc2cccc(F)c2)cn1. The number of halogens is 1. The maximum Gasteiger partial charge on any atom is 0.254 e. The first-order valence-corrected chi connectivity index (χ1v) is 5.16. The minimum absolute atomic E-state index is 0.220. The molecule has 1 aromatic carbocycles. The van der Waals surface area contributed by atoms with Crippen molar-refractivity contribution < 1.29 is 9.18 Å². The Morgan fingerprint density at radius 3 is 3.00 bits per heavy atom. The molecule has 0 bridgehead atoms. The number of carbonyl (C=O) groups is 1. The number of aryl methyl sites for hydroxylation is 1. The zero-order chi connectivity index (χ0) is 12.3. The largest absolute Gasteiger partial charge is 0.348 e. The molecular formula is C12H12FN3O. The lowest BCUT2D eigenvalue weighted by Gasteiger charge is -2.03. The molecule has 88 valence electrons. The van der Waals surface area contributed by atoms with Crippen molar-refractivity contribution in [2.24, 2.45) is 7.05 Å². The second kappa shape index (κ2) is 4.78. The molecule has 1 aromatic heterocycles. The fraction of sp³-hybridized carbons (Fsp3) is 0.167. The van der Waals surface area contributed by atoms with Gasteiger partial charge in [-0.3, -0.25) is 9.48 Å². The first kappa shape index (κ1) is 11.3. The highest BCUT2D eigenvalue weighted by molar-refractivity contribution is 5.93. The van der Waals surface area contributed by atoms with Crippen LogP contribution in [0.4, 0.5) is 4.39 Å². The molecule has 0 saturated carbocycles. The zero-order valence-corrected chi connectivity index (χ0v) is 9.35. The molecule has 2 aromatic rings. The van der Waals surface area contributed by atoms with Crippen molar-refractivity contribution in [3.05, 3.63) is 53.6 Å². The van der Waals surface area contributed by atoms with Crippen LogP contribution in [0.15, 0.2) is 36.7 Å². The zero-order valence-electron chi connectivity index (χ0n) is 9.35. The van der Waals surface area contributed by atoms with E-state index >= 15 is 0 Å². The van der Waals surface area contributed by atoms with Crippen molar-refractivity contribution >= 4 is 5.91 Å². The van der Waals surface area contributed by atoms with Gasteiger partial charge in [-0.1, -0.05) is 12.1 Å². The molecule has 5 heteroatoms. The van der Waals surface area contributed by atoms with Gasteiger partial charge < -0.3 is 5.32 Å². The van der Waals surface area contributed by atoms with Crippen LogP contribution in [0.25, 0.3) is 0 Å². The first-order valence-electron chi connectivity index (χ1n) is 5.16. The molecule has 4 nitrogen and oxygen atoms in total. The predicted octanol–water partition coefficient (Wildman–Crippen LogP) is 1.49. The molecule has 1 N–H and O–H groups in total. The number of benzene rings is 1. The van der Waals surface area contributed by atoms with E-state index in [2.05, 4.69) is 10.4 Å². The van der Waals surface area contributed by atoms with Gasteiger partial charge in [0.1, 0.15) is 5.82 Å². The van der Waals surface area contributed by atoms with Crippen molar-refractivity contribution in [1.29, 1.82) is 0 Å². The Kier molecular flexibility index (Phi) is 3.18. The highest BCUT2D eigenvalue weighted by Crippen LogP contribution is 2.03. The van der Waals surface area contributed by atoms with Crippen LogP contribution < -0.4 is 5.32 Å². The maximum absolute atomic E-state index is 12.9. The highest BCUT2D eigenvalue weighted by atomic mass is 19.1. The van der Waals surface area contributed by atoms with Crippen LogP contribution in [0.2, 0.25) is 0 Å². The van der Waals surface area contributed by atoms with Gasteiger partial charge in [-0.15, -0.1) is 0 Å². The van der Waals surface area contributed by atoms with E-state index in [0.717, 1.165) is 5.56 Å². The van der Waals surface area contributed by atoms with Crippen LogP contribution in [0.5, 0.6) is 0 Å². The Labute approximate surface area is 98.1 Å². The van der Waals surface area contributed by atoms with E-state index in [-0.39, 0.29) is 11.7 Å². The summed E-state index contributed by atoms with van der Waals surface area (Å²) in [6, 6.07) is 6.13. The van der Waals surface area contributed by atoms with E-state index in [0.29, 0.717) is 12.1 Å². The van der Waals surface area contributed by atoms with Crippen LogP contribution in [-0.2, 0) is 13.6 Å². The second-order valence-corrected chi connectivity index (χ2v) is 3.72. The number of nitrogens with zero attached hydrogens (tertiary/aromatic N) is 2. The van der Waals surface area contributed by atoms with Gasteiger partial charge in [0.05, 0.1) is 11.8 Å². The number of amides is 1. The summed E-state index contributed by atoms with van der Waals surface area (Å²) < 4.78 is 14.4. The van der Waals surface area contributed by atoms with Crippen molar-refractivity contribution in [3.8, 4) is 0 Å². The first-order chi connectivity index (χ1) is 8.15. The fourth-order valence-electron chi connectivity index (χ4n) is 1.47. The quantitative estimate of drug-likeness (QED) is 0.873. The molecule has 0 radical (unpaired) electrons. The van der Waals surface area contributed by atoms with Gasteiger partial charge >= 0.3 is 0 Å². The summed E-state index contributed by atoms with van der Waals surface area (Å²) in [5.74, 6) is -0.527. The summed E-state index contributed by atoms with van der Waals surface area (Å²) in [5, 5.41) is 6.60. The Bertz CT molecular complexity index is 536. The van der Waals surface area contributed by atoms with Gasteiger partial charge in [0.2, 0.25) is 0 Å². The van der Waals surface area contributed by atoms with Gasteiger partial charge in [-0.05, 0) is 17.7 Å². The average Bonchev–Trinajstić information content (AvgIpc) is 2.73. The predicted molar refractivity (Wildman–Crippen MR) is 60.8 cm³/mol. The smallest absolute Gasteiger partial charge is 0.254 e. The third-order valence-electron chi connectivity index (χ3n) is 2.31. The lowest BCUT2D eigenvalue weighted by atomic mass is 10.2. The molecule has 0 saturated heterocycles. The molecule has 1 heterocycles. The molecule has 0 fully saturated rings. The Morgan fingerprint density at radius 2 is 2.35 bits per heavy atom. The normalized spacial score (nSPS) is 10.2. The van der Waals surface area contributed by atoms with E-state index < -0.39 is 0 Å². The van der Waals surface area contributed by atoms with Crippen LogP contribution in [-0.4, -0.2) is 15.7 Å². The topological polar surface area (TPSA) is 46.9 Å². The highest BCUT2D eigenvalue weighted by Gasteiger charge is 2.07. The number of aromatic nitrogens is 2. The molecule has 0 atom stereocenters. The van der Waals surface area contributed by atoms with Gasteiger partial charge in [0, 0.05) is 19.8 Å². The molecule has 0 spiro atoms. The third kappa shape index (κ3) is 2.90. The average molecular weight is 233 g/mol. The maximum atomic E-state index is 12.9. The fourth-order valence-corrected chi connectivity index (χ4v) is 1.47. The van der Waals surface area contributed by atoms with E-state index in [1.807, 2.05) is 0 Å². The minimum atomic E-state index is -0.307. The third-order valence-corrected chi connectivity index (χ3v) is 2.31. The molecule has 0 aliphatic rings. The van der Waals surface area contributed by atoms with Crippen LogP contribution in [0, 0.1) is 5.82 Å². The molecule has 0 aliphatic heterocycles. The van der Waals surface area contributed by atoms with Crippen molar-refractivity contribution in [2.45, 2.75) is 6.54 Å². The number of nitrogens with one attached hydrogen (secondary N) is 1. The molecule has 2 rings (SSSR count). The number of rotatable bonds is 3. The Morgan fingerprint density at radius 1 is 1.53 bits per heavy atom.